The topological polar surface area (TPSA) is 38.1 Å². The molecule has 1 aromatic heterocycles. The van der Waals surface area contributed by atoms with Gasteiger partial charge >= 0.3 is 0 Å². The Balaban J connectivity index is 3.07. The van der Waals surface area contributed by atoms with Gasteiger partial charge < -0.3 is 0 Å². The number of likely N-dealkylation sites (N-methyl/N-ethyl adjacent to an activating group) is 1. The number of rotatable bonds is 6. The van der Waals surface area contributed by atoms with E-state index in [1.165, 1.54) is 0 Å². The predicted octanol–water partition coefficient (Wildman–Crippen LogP) is 2.61. The van der Waals surface area contributed by atoms with Gasteiger partial charge in [-0.1, -0.05) is 25.4 Å². The van der Waals surface area contributed by atoms with E-state index in [4.69, 9.17) is 11.6 Å². The van der Waals surface area contributed by atoms with Crippen LogP contribution in [0.2, 0.25) is 5.02 Å². The van der Waals surface area contributed by atoms with Crippen molar-refractivity contribution in [1.82, 2.24) is 14.7 Å². The average Bonchev–Trinajstić information content (AvgIpc) is 2.58. The Kier molecular flexibility index (Phi) is 5.16. The fourth-order valence-corrected chi connectivity index (χ4v) is 2.94. The second-order valence-electron chi connectivity index (χ2n) is 5.20. The van der Waals surface area contributed by atoms with Crippen molar-refractivity contribution in [3.63, 3.8) is 0 Å². The number of aromatic nitrogens is 2. The standard InChI is InChI=1S/C14H24ClN3O/c1-7-14(8-2,17(4)5)12(19)9-11-13(15)10(3)16-18(11)6/h7-9H2,1-6H3. The number of ketones is 1. The van der Waals surface area contributed by atoms with E-state index in [1.54, 1.807) is 4.68 Å². The zero-order valence-corrected chi connectivity index (χ0v) is 13.5. The molecule has 0 amide bonds. The molecule has 0 unspecified atom stereocenters. The van der Waals surface area contributed by atoms with Crippen molar-refractivity contribution >= 4 is 17.4 Å². The molecule has 0 aliphatic carbocycles. The Bertz CT molecular complexity index is 462. The fraction of sp³-hybridized carbons (Fsp3) is 0.714. The SMILES string of the molecule is CCC(CC)(C(=O)Cc1c(Cl)c(C)nn1C)N(C)C. The summed E-state index contributed by atoms with van der Waals surface area (Å²) >= 11 is 6.23. The maximum Gasteiger partial charge on any atom is 0.159 e. The molecule has 0 aliphatic rings. The second kappa shape index (κ2) is 6.06. The predicted molar refractivity (Wildman–Crippen MR) is 78.7 cm³/mol. The summed E-state index contributed by atoms with van der Waals surface area (Å²) in [5, 5.41) is 4.87. The molecule has 0 aliphatic heterocycles. The molecule has 0 aromatic carbocycles. The highest BCUT2D eigenvalue weighted by Gasteiger charge is 2.37. The van der Waals surface area contributed by atoms with Gasteiger partial charge in [-0.2, -0.15) is 5.10 Å². The minimum atomic E-state index is -0.415. The number of carbonyl (C=O) groups is 1. The minimum absolute atomic E-state index is 0.201. The Labute approximate surface area is 120 Å². The summed E-state index contributed by atoms with van der Waals surface area (Å²) in [5.74, 6) is 0.201. The summed E-state index contributed by atoms with van der Waals surface area (Å²) in [7, 11) is 5.75. The zero-order valence-electron chi connectivity index (χ0n) is 12.7. The van der Waals surface area contributed by atoms with Crippen LogP contribution in [0.15, 0.2) is 0 Å². The van der Waals surface area contributed by atoms with Crippen molar-refractivity contribution in [2.24, 2.45) is 7.05 Å². The van der Waals surface area contributed by atoms with E-state index in [2.05, 4.69) is 18.9 Å². The van der Waals surface area contributed by atoms with Crippen LogP contribution in [0.4, 0.5) is 0 Å². The highest BCUT2D eigenvalue weighted by molar-refractivity contribution is 6.32. The molecule has 1 aromatic rings. The van der Waals surface area contributed by atoms with Crippen molar-refractivity contribution < 1.29 is 4.79 Å². The van der Waals surface area contributed by atoms with E-state index < -0.39 is 5.54 Å². The van der Waals surface area contributed by atoms with E-state index in [9.17, 15) is 4.79 Å². The highest BCUT2D eigenvalue weighted by Crippen LogP contribution is 2.27. The van der Waals surface area contributed by atoms with Crippen LogP contribution >= 0.6 is 11.6 Å². The molecule has 1 heterocycles. The molecule has 19 heavy (non-hydrogen) atoms. The van der Waals surface area contributed by atoms with Crippen LogP contribution in [-0.4, -0.2) is 40.1 Å². The first-order valence-corrected chi connectivity index (χ1v) is 7.06. The molecular formula is C14H24ClN3O. The first kappa shape index (κ1) is 16.2. The maximum absolute atomic E-state index is 12.7. The molecule has 1 rings (SSSR count). The van der Waals surface area contributed by atoms with Gasteiger partial charge in [0, 0.05) is 7.05 Å². The lowest BCUT2D eigenvalue weighted by Crippen LogP contribution is -2.51. The quantitative estimate of drug-likeness (QED) is 0.806. The van der Waals surface area contributed by atoms with Crippen molar-refractivity contribution in [2.45, 2.75) is 45.6 Å². The molecule has 4 nitrogen and oxygen atoms in total. The Morgan fingerprint density at radius 1 is 1.37 bits per heavy atom. The van der Waals surface area contributed by atoms with Crippen molar-refractivity contribution in [2.75, 3.05) is 14.1 Å². The van der Waals surface area contributed by atoms with Crippen LogP contribution in [0.1, 0.15) is 38.1 Å². The normalized spacial score (nSPS) is 12.2. The van der Waals surface area contributed by atoms with Gasteiger partial charge in [0.1, 0.15) is 0 Å². The molecule has 0 N–H and O–H groups in total. The first-order chi connectivity index (χ1) is 8.80. The minimum Gasteiger partial charge on any atom is -0.297 e. The van der Waals surface area contributed by atoms with Crippen LogP contribution in [0.25, 0.3) is 0 Å². The number of aryl methyl sites for hydroxylation is 2. The van der Waals surface area contributed by atoms with Crippen molar-refractivity contribution in [3.8, 4) is 0 Å². The van der Waals surface area contributed by atoms with Gasteiger partial charge in [0.25, 0.3) is 0 Å². The van der Waals surface area contributed by atoms with Crippen LogP contribution in [-0.2, 0) is 18.3 Å². The highest BCUT2D eigenvalue weighted by atomic mass is 35.5. The van der Waals surface area contributed by atoms with Crippen LogP contribution in [0.3, 0.4) is 0 Å². The monoisotopic (exact) mass is 285 g/mol. The number of Topliss-reactive ketones (excluding diaryl/α,β-unsaturated/α-hetero) is 1. The zero-order chi connectivity index (χ0) is 14.8. The summed E-state index contributed by atoms with van der Waals surface area (Å²) in [6, 6.07) is 0. The third-order valence-corrected chi connectivity index (χ3v) is 4.63. The largest absolute Gasteiger partial charge is 0.297 e. The smallest absolute Gasteiger partial charge is 0.159 e. The van der Waals surface area contributed by atoms with Crippen molar-refractivity contribution in [1.29, 1.82) is 0 Å². The molecule has 0 spiro atoms. The van der Waals surface area contributed by atoms with Gasteiger partial charge in [0.15, 0.2) is 5.78 Å². The van der Waals surface area contributed by atoms with Crippen molar-refractivity contribution in [3.05, 3.63) is 16.4 Å². The summed E-state index contributed by atoms with van der Waals surface area (Å²) in [6.45, 7) is 5.96. The van der Waals surface area contributed by atoms with Crippen LogP contribution in [0, 0.1) is 6.92 Å². The van der Waals surface area contributed by atoms with Gasteiger partial charge in [-0.15, -0.1) is 0 Å². The summed E-state index contributed by atoms with van der Waals surface area (Å²) < 4.78 is 1.71. The average molecular weight is 286 g/mol. The molecule has 0 bridgehead atoms. The molecular weight excluding hydrogens is 262 g/mol. The maximum atomic E-state index is 12.7. The van der Waals surface area contributed by atoms with E-state index in [0.29, 0.717) is 11.4 Å². The van der Waals surface area contributed by atoms with E-state index >= 15 is 0 Å². The lowest BCUT2D eigenvalue weighted by molar-refractivity contribution is -0.129. The molecule has 0 fully saturated rings. The van der Waals surface area contributed by atoms with Gasteiger partial charge in [0.05, 0.1) is 28.4 Å². The molecule has 0 saturated heterocycles. The summed E-state index contributed by atoms with van der Waals surface area (Å²) in [4.78, 5) is 14.7. The molecule has 5 heteroatoms. The van der Waals surface area contributed by atoms with Gasteiger partial charge in [-0.25, -0.2) is 0 Å². The number of hydrogen-bond donors (Lipinski definition) is 0. The molecule has 0 atom stereocenters. The molecule has 108 valence electrons. The lowest BCUT2D eigenvalue weighted by atomic mass is 9.84. The van der Waals surface area contributed by atoms with E-state index in [-0.39, 0.29) is 5.78 Å². The Morgan fingerprint density at radius 3 is 2.21 bits per heavy atom. The third-order valence-electron chi connectivity index (χ3n) is 4.13. The third kappa shape index (κ3) is 2.84. The number of carbonyl (C=O) groups excluding carboxylic acids is 1. The second-order valence-corrected chi connectivity index (χ2v) is 5.58. The Morgan fingerprint density at radius 2 is 1.89 bits per heavy atom. The van der Waals surface area contributed by atoms with E-state index in [1.807, 2.05) is 33.0 Å². The molecule has 0 saturated carbocycles. The van der Waals surface area contributed by atoms with E-state index in [0.717, 1.165) is 24.2 Å². The van der Waals surface area contributed by atoms with Crippen LogP contribution < -0.4 is 0 Å². The fourth-order valence-electron chi connectivity index (χ4n) is 2.71. The first-order valence-electron chi connectivity index (χ1n) is 6.68. The number of halogens is 1. The van der Waals surface area contributed by atoms with Gasteiger partial charge in [-0.05, 0) is 33.9 Å². The summed E-state index contributed by atoms with van der Waals surface area (Å²) in [5.41, 5.74) is 1.16. The number of hydrogen-bond acceptors (Lipinski definition) is 3. The summed E-state index contributed by atoms with van der Waals surface area (Å²) in [6.07, 6.45) is 1.92. The molecule has 0 radical (unpaired) electrons. The van der Waals surface area contributed by atoms with Gasteiger partial charge in [-0.3, -0.25) is 14.4 Å². The number of nitrogens with zero attached hydrogens (tertiary/aromatic N) is 3. The Hall–Kier alpha value is -0.870. The van der Waals surface area contributed by atoms with Crippen LogP contribution in [0.5, 0.6) is 0 Å². The van der Waals surface area contributed by atoms with Gasteiger partial charge in [0.2, 0.25) is 0 Å². The lowest BCUT2D eigenvalue weighted by Gasteiger charge is -2.37.